The SMILES string of the molecule is NCCC(O)C(O)c1cccc(Cl)c1Cl. The molecule has 0 saturated carbocycles. The summed E-state index contributed by atoms with van der Waals surface area (Å²) in [5.74, 6) is 0. The second-order valence-corrected chi connectivity index (χ2v) is 4.02. The van der Waals surface area contributed by atoms with Crippen LogP contribution in [0.3, 0.4) is 0 Å². The van der Waals surface area contributed by atoms with Crippen LogP contribution in [0, 0.1) is 0 Å². The van der Waals surface area contributed by atoms with Gasteiger partial charge < -0.3 is 15.9 Å². The van der Waals surface area contributed by atoms with E-state index >= 15 is 0 Å². The molecule has 2 unspecified atom stereocenters. The maximum Gasteiger partial charge on any atom is 0.106 e. The number of hydrogen-bond acceptors (Lipinski definition) is 3. The Labute approximate surface area is 98.4 Å². The number of aliphatic hydroxyl groups is 2. The standard InChI is InChI=1S/C10H13Cl2NO2/c11-7-3-1-2-6(9(7)12)10(15)8(14)4-5-13/h1-3,8,10,14-15H,4-5,13H2. The fourth-order valence-electron chi connectivity index (χ4n) is 1.28. The summed E-state index contributed by atoms with van der Waals surface area (Å²) < 4.78 is 0. The molecule has 3 nitrogen and oxygen atoms in total. The van der Waals surface area contributed by atoms with Gasteiger partial charge in [-0.25, -0.2) is 0 Å². The Morgan fingerprint density at radius 3 is 2.53 bits per heavy atom. The molecule has 0 aromatic heterocycles. The van der Waals surface area contributed by atoms with Gasteiger partial charge in [0.25, 0.3) is 0 Å². The Bertz CT molecular complexity index is 333. The first-order valence-corrected chi connectivity index (χ1v) is 5.33. The van der Waals surface area contributed by atoms with Crippen molar-refractivity contribution in [2.75, 3.05) is 6.54 Å². The van der Waals surface area contributed by atoms with E-state index in [0.717, 1.165) is 0 Å². The zero-order valence-corrected chi connectivity index (χ0v) is 9.54. The highest BCUT2D eigenvalue weighted by Gasteiger charge is 2.20. The van der Waals surface area contributed by atoms with Gasteiger partial charge in [-0.15, -0.1) is 0 Å². The molecule has 5 heteroatoms. The molecule has 1 aromatic rings. The zero-order valence-electron chi connectivity index (χ0n) is 8.03. The van der Waals surface area contributed by atoms with E-state index in [0.29, 0.717) is 23.6 Å². The van der Waals surface area contributed by atoms with Gasteiger partial charge in [0.1, 0.15) is 6.10 Å². The molecule has 0 bridgehead atoms. The van der Waals surface area contributed by atoms with E-state index in [1.54, 1.807) is 18.2 Å². The fourth-order valence-corrected chi connectivity index (χ4v) is 1.70. The summed E-state index contributed by atoms with van der Waals surface area (Å²) >= 11 is 11.7. The summed E-state index contributed by atoms with van der Waals surface area (Å²) in [5, 5.41) is 20.0. The normalized spacial score (nSPS) is 15.0. The summed E-state index contributed by atoms with van der Waals surface area (Å²) in [5.41, 5.74) is 5.70. The van der Waals surface area contributed by atoms with Crippen molar-refractivity contribution in [2.24, 2.45) is 5.73 Å². The highest BCUT2D eigenvalue weighted by Crippen LogP contribution is 2.31. The topological polar surface area (TPSA) is 66.5 Å². The summed E-state index contributed by atoms with van der Waals surface area (Å²) in [6, 6.07) is 4.91. The molecule has 0 radical (unpaired) electrons. The maximum absolute atomic E-state index is 9.78. The van der Waals surface area contributed by atoms with Crippen LogP contribution in [0.1, 0.15) is 18.1 Å². The molecular weight excluding hydrogens is 237 g/mol. The lowest BCUT2D eigenvalue weighted by Crippen LogP contribution is -2.22. The Morgan fingerprint density at radius 2 is 1.93 bits per heavy atom. The smallest absolute Gasteiger partial charge is 0.106 e. The molecule has 2 atom stereocenters. The van der Waals surface area contributed by atoms with Gasteiger partial charge in [0.15, 0.2) is 0 Å². The predicted molar refractivity (Wildman–Crippen MR) is 61.1 cm³/mol. The van der Waals surface area contributed by atoms with Crippen LogP contribution in [0.2, 0.25) is 10.0 Å². The number of aliphatic hydroxyl groups excluding tert-OH is 2. The van der Waals surface area contributed by atoms with E-state index in [4.69, 9.17) is 28.9 Å². The fraction of sp³-hybridized carbons (Fsp3) is 0.400. The molecular formula is C10H13Cl2NO2. The number of benzene rings is 1. The molecule has 4 N–H and O–H groups in total. The Kier molecular flexibility index (Phi) is 4.83. The number of nitrogens with two attached hydrogens (primary N) is 1. The molecule has 0 fully saturated rings. The van der Waals surface area contributed by atoms with Gasteiger partial charge in [-0.2, -0.15) is 0 Å². The summed E-state index contributed by atoms with van der Waals surface area (Å²) in [6.07, 6.45) is -1.67. The molecule has 0 aliphatic heterocycles. The zero-order chi connectivity index (χ0) is 11.4. The molecule has 0 spiro atoms. The van der Waals surface area contributed by atoms with Crippen molar-refractivity contribution in [1.82, 2.24) is 0 Å². The molecule has 1 aromatic carbocycles. The van der Waals surface area contributed by atoms with E-state index < -0.39 is 12.2 Å². The minimum Gasteiger partial charge on any atom is -0.390 e. The Morgan fingerprint density at radius 1 is 1.27 bits per heavy atom. The number of hydrogen-bond donors (Lipinski definition) is 3. The monoisotopic (exact) mass is 249 g/mol. The van der Waals surface area contributed by atoms with Crippen molar-refractivity contribution in [1.29, 1.82) is 0 Å². The molecule has 84 valence electrons. The highest BCUT2D eigenvalue weighted by molar-refractivity contribution is 6.42. The third-order valence-electron chi connectivity index (χ3n) is 2.13. The molecule has 0 saturated heterocycles. The van der Waals surface area contributed by atoms with E-state index in [-0.39, 0.29) is 5.02 Å². The lowest BCUT2D eigenvalue weighted by Gasteiger charge is -2.18. The van der Waals surface area contributed by atoms with Crippen molar-refractivity contribution in [3.05, 3.63) is 33.8 Å². The average Bonchev–Trinajstić information content (AvgIpc) is 2.21. The van der Waals surface area contributed by atoms with E-state index in [2.05, 4.69) is 0 Å². The van der Waals surface area contributed by atoms with Gasteiger partial charge in [0.05, 0.1) is 16.1 Å². The summed E-state index contributed by atoms with van der Waals surface area (Å²) in [7, 11) is 0. The van der Waals surface area contributed by atoms with Gasteiger partial charge >= 0.3 is 0 Å². The first-order chi connectivity index (χ1) is 7.07. The first kappa shape index (κ1) is 12.7. The van der Waals surface area contributed by atoms with Crippen molar-refractivity contribution < 1.29 is 10.2 Å². The Hall–Kier alpha value is -0.320. The molecule has 1 rings (SSSR count). The number of rotatable bonds is 4. The van der Waals surface area contributed by atoms with Gasteiger partial charge in [0, 0.05) is 5.56 Å². The summed E-state index contributed by atoms with van der Waals surface area (Å²) in [6.45, 7) is 0.302. The lowest BCUT2D eigenvalue weighted by molar-refractivity contribution is 0.0151. The van der Waals surface area contributed by atoms with Crippen LogP contribution in [0.5, 0.6) is 0 Å². The minimum atomic E-state index is -1.06. The van der Waals surface area contributed by atoms with Gasteiger partial charge in [0.2, 0.25) is 0 Å². The predicted octanol–water partition coefficient (Wildman–Crippen LogP) is 1.74. The second-order valence-electron chi connectivity index (χ2n) is 3.23. The third kappa shape index (κ3) is 3.06. The van der Waals surface area contributed by atoms with Crippen molar-refractivity contribution in [3.63, 3.8) is 0 Å². The Balaban J connectivity index is 2.90. The molecule has 0 aliphatic rings. The van der Waals surface area contributed by atoms with Crippen LogP contribution < -0.4 is 5.73 Å². The summed E-state index contributed by atoms with van der Waals surface area (Å²) in [4.78, 5) is 0. The highest BCUT2D eigenvalue weighted by atomic mass is 35.5. The lowest BCUT2D eigenvalue weighted by atomic mass is 10.0. The van der Waals surface area contributed by atoms with E-state index in [1.807, 2.05) is 0 Å². The average molecular weight is 250 g/mol. The van der Waals surface area contributed by atoms with Gasteiger partial charge in [-0.1, -0.05) is 35.3 Å². The molecule has 0 aliphatic carbocycles. The van der Waals surface area contributed by atoms with Crippen molar-refractivity contribution in [3.8, 4) is 0 Å². The van der Waals surface area contributed by atoms with E-state index in [9.17, 15) is 10.2 Å². The van der Waals surface area contributed by atoms with Gasteiger partial charge in [-0.3, -0.25) is 0 Å². The van der Waals surface area contributed by atoms with Crippen LogP contribution in [-0.2, 0) is 0 Å². The molecule has 0 amide bonds. The largest absolute Gasteiger partial charge is 0.390 e. The van der Waals surface area contributed by atoms with Crippen LogP contribution in [0.15, 0.2) is 18.2 Å². The molecule has 0 heterocycles. The first-order valence-electron chi connectivity index (χ1n) is 4.58. The minimum absolute atomic E-state index is 0.266. The molecule has 15 heavy (non-hydrogen) atoms. The van der Waals surface area contributed by atoms with Crippen LogP contribution >= 0.6 is 23.2 Å². The third-order valence-corrected chi connectivity index (χ3v) is 2.96. The van der Waals surface area contributed by atoms with Crippen LogP contribution in [0.25, 0.3) is 0 Å². The van der Waals surface area contributed by atoms with Crippen LogP contribution in [-0.4, -0.2) is 22.9 Å². The second kappa shape index (κ2) is 5.68. The van der Waals surface area contributed by atoms with Crippen LogP contribution in [0.4, 0.5) is 0 Å². The van der Waals surface area contributed by atoms with E-state index in [1.165, 1.54) is 0 Å². The maximum atomic E-state index is 9.78. The number of halogens is 2. The van der Waals surface area contributed by atoms with Crippen molar-refractivity contribution in [2.45, 2.75) is 18.6 Å². The van der Waals surface area contributed by atoms with Gasteiger partial charge in [-0.05, 0) is 19.0 Å². The van der Waals surface area contributed by atoms with Crippen molar-refractivity contribution >= 4 is 23.2 Å². The quantitative estimate of drug-likeness (QED) is 0.762.